The van der Waals surface area contributed by atoms with Crippen LogP contribution in [-0.2, 0) is 11.2 Å². The standard InChI is InChI=1S/C32H40Cl2N8O4/c1-6-8-22-25(45-4)18-26(46-5)30(34)31(22)39-32(44)40(3)28-19-27(35-20-36-28)37-23-10-9-21(17-24(23)38-29(43)11-12-33)42-15-13-41(7-2)14-16-42/h9-12,17-20H,6-8,13-16H2,1-5H3,(H,38,43)(H,39,44)(H,35,36,37)/b12-11-. The SMILES string of the molecule is CCCc1c(OC)cc(OC)c(Cl)c1NC(=O)N(C)c1cc(Nc2ccc(N3CCN(CC)CC3)cc2NC(=O)/C=C\Cl)ncn1. The molecule has 3 aromatic rings. The number of rotatable bonds is 12. The number of nitrogens with zero attached hydrogens (tertiary/aromatic N) is 5. The first-order valence-corrected chi connectivity index (χ1v) is 15.8. The van der Waals surface area contributed by atoms with Crippen molar-refractivity contribution < 1.29 is 19.1 Å². The molecule has 0 aliphatic carbocycles. The molecule has 1 fully saturated rings. The lowest BCUT2D eigenvalue weighted by atomic mass is 10.1. The molecule has 0 saturated carbocycles. The van der Waals surface area contributed by atoms with Gasteiger partial charge < -0.3 is 35.2 Å². The average Bonchev–Trinajstić information content (AvgIpc) is 3.07. The highest BCUT2D eigenvalue weighted by Gasteiger charge is 2.23. The smallest absolute Gasteiger partial charge is 0.327 e. The Hall–Kier alpha value is -4.26. The van der Waals surface area contributed by atoms with Crippen LogP contribution in [0.1, 0.15) is 25.8 Å². The Balaban J connectivity index is 1.58. The second-order valence-corrected chi connectivity index (χ2v) is 11.1. The number of ether oxygens (including phenoxy) is 2. The number of anilines is 6. The number of urea groups is 1. The number of benzene rings is 2. The van der Waals surface area contributed by atoms with Crippen molar-refractivity contribution in [1.82, 2.24) is 14.9 Å². The van der Waals surface area contributed by atoms with E-state index in [9.17, 15) is 9.59 Å². The second kappa shape index (κ2) is 16.3. The number of aromatic nitrogens is 2. The molecular weight excluding hydrogens is 631 g/mol. The highest BCUT2D eigenvalue weighted by Crippen LogP contribution is 2.42. The maximum Gasteiger partial charge on any atom is 0.327 e. The molecule has 0 radical (unpaired) electrons. The van der Waals surface area contributed by atoms with Crippen LogP contribution in [0.3, 0.4) is 0 Å². The number of halogens is 2. The molecule has 2 heterocycles. The van der Waals surface area contributed by atoms with Crippen LogP contribution in [0.5, 0.6) is 11.5 Å². The molecule has 12 nitrogen and oxygen atoms in total. The molecule has 3 amide bonds. The summed E-state index contributed by atoms with van der Waals surface area (Å²) in [4.78, 5) is 40.6. The molecule has 1 aliphatic rings. The zero-order chi connectivity index (χ0) is 33.2. The molecule has 0 atom stereocenters. The second-order valence-electron chi connectivity index (χ2n) is 10.5. The van der Waals surface area contributed by atoms with Gasteiger partial charge in [0.1, 0.15) is 34.5 Å². The van der Waals surface area contributed by atoms with Crippen LogP contribution in [-0.4, -0.2) is 80.8 Å². The lowest BCUT2D eigenvalue weighted by Gasteiger charge is -2.35. The molecule has 1 aromatic heterocycles. The highest BCUT2D eigenvalue weighted by atomic mass is 35.5. The van der Waals surface area contributed by atoms with Gasteiger partial charge in [0.2, 0.25) is 5.91 Å². The predicted octanol–water partition coefficient (Wildman–Crippen LogP) is 6.34. The van der Waals surface area contributed by atoms with Crippen molar-refractivity contribution in [3.63, 3.8) is 0 Å². The summed E-state index contributed by atoms with van der Waals surface area (Å²) < 4.78 is 11.0. The largest absolute Gasteiger partial charge is 0.496 e. The molecule has 0 spiro atoms. The van der Waals surface area contributed by atoms with Gasteiger partial charge >= 0.3 is 6.03 Å². The van der Waals surface area contributed by atoms with Crippen molar-refractivity contribution in [2.75, 3.05) is 79.7 Å². The number of hydrogen-bond acceptors (Lipinski definition) is 9. The molecule has 246 valence electrons. The zero-order valence-electron chi connectivity index (χ0n) is 26.7. The summed E-state index contributed by atoms with van der Waals surface area (Å²) in [6.45, 7) is 8.90. The van der Waals surface area contributed by atoms with Crippen molar-refractivity contribution in [3.05, 3.63) is 58.9 Å². The molecule has 4 rings (SSSR count). The van der Waals surface area contributed by atoms with Gasteiger partial charge in [-0.1, -0.05) is 43.5 Å². The minimum Gasteiger partial charge on any atom is -0.496 e. The Morgan fingerprint density at radius 3 is 2.39 bits per heavy atom. The van der Waals surface area contributed by atoms with Crippen LogP contribution < -0.4 is 35.2 Å². The average molecular weight is 672 g/mol. The van der Waals surface area contributed by atoms with E-state index in [1.54, 1.807) is 26.3 Å². The zero-order valence-corrected chi connectivity index (χ0v) is 28.2. The first-order chi connectivity index (χ1) is 22.2. The van der Waals surface area contributed by atoms with E-state index in [2.05, 4.69) is 42.6 Å². The van der Waals surface area contributed by atoms with Crippen LogP contribution in [0.15, 0.2) is 48.3 Å². The minimum absolute atomic E-state index is 0.271. The number of carbonyl (C=O) groups is 2. The van der Waals surface area contributed by atoms with Crippen LogP contribution in [0.2, 0.25) is 5.02 Å². The molecule has 3 N–H and O–H groups in total. The summed E-state index contributed by atoms with van der Waals surface area (Å²) in [6.07, 6.45) is 4.02. The van der Waals surface area contributed by atoms with Gasteiger partial charge in [0.25, 0.3) is 0 Å². The van der Waals surface area contributed by atoms with Gasteiger partial charge in [0.15, 0.2) is 0 Å². The number of amides is 3. The number of methoxy groups -OCH3 is 2. The first-order valence-electron chi connectivity index (χ1n) is 15.0. The van der Waals surface area contributed by atoms with E-state index in [-0.39, 0.29) is 10.9 Å². The number of hydrogen-bond donors (Lipinski definition) is 3. The molecule has 46 heavy (non-hydrogen) atoms. The fraction of sp³-hybridized carbons (Fsp3) is 0.375. The normalized spacial score (nSPS) is 13.4. The van der Waals surface area contributed by atoms with Gasteiger partial charge in [-0.2, -0.15) is 0 Å². The minimum atomic E-state index is -0.479. The van der Waals surface area contributed by atoms with E-state index in [1.165, 1.54) is 24.4 Å². The Labute approximate surface area is 279 Å². The summed E-state index contributed by atoms with van der Waals surface area (Å²) in [5, 5.41) is 9.33. The van der Waals surface area contributed by atoms with E-state index in [0.29, 0.717) is 46.6 Å². The number of likely N-dealkylation sites (N-methyl/N-ethyl adjacent to an activating group) is 1. The van der Waals surface area contributed by atoms with E-state index in [1.807, 2.05) is 25.1 Å². The predicted molar refractivity (Wildman–Crippen MR) is 186 cm³/mol. The number of piperazine rings is 1. The third-order valence-corrected chi connectivity index (χ3v) is 8.19. The van der Waals surface area contributed by atoms with Gasteiger partial charge in [-0.15, -0.1) is 0 Å². The van der Waals surface area contributed by atoms with Crippen molar-refractivity contribution >= 4 is 69.5 Å². The lowest BCUT2D eigenvalue weighted by molar-refractivity contribution is -0.111. The molecular formula is C32H40Cl2N8O4. The Morgan fingerprint density at radius 2 is 1.74 bits per heavy atom. The molecule has 0 bridgehead atoms. The molecule has 0 unspecified atom stereocenters. The van der Waals surface area contributed by atoms with Crippen LogP contribution in [0.25, 0.3) is 0 Å². The fourth-order valence-corrected chi connectivity index (χ4v) is 5.54. The van der Waals surface area contributed by atoms with E-state index < -0.39 is 6.03 Å². The van der Waals surface area contributed by atoms with E-state index >= 15 is 0 Å². The monoisotopic (exact) mass is 670 g/mol. The van der Waals surface area contributed by atoms with Gasteiger partial charge in [-0.3, -0.25) is 9.69 Å². The van der Waals surface area contributed by atoms with E-state index in [0.717, 1.165) is 55.9 Å². The van der Waals surface area contributed by atoms with Crippen molar-refractivity contribution in [2.24, 2.45) is 0 Å². The quantitative estimate of drug-likeness (QED) is 0.189. The Morgan fingerprint density at radius 1 is 1.00 bits per heavy atom. The first kappa shape index (κ1) is 34.6. The lowest BCUT2D eigenvalue weighted by Crippen LogP contribution is -2.46. The summed E-state index contributed by atoms with van der Waals surface area (Å²) in [5.41, 5.74) is 4.47. The molecule has 14 heteroatoms. The number of nitrogens with one attached hydrogen (secondary N) is 3. The summed E-state index contributed by atoms with van der Waals surface area (Å²) >= 11 is 12.3. The van der Waals surface area contributed by atoms with Crippen LogP contribution >= 0.6 is 23.2 Å². The van der Waals surface area contributed by atoms with Crippen LogP contribution in [0.4, 0.5) is 39.2 Å². The number of carbonyl (C=O) groups excluding carboxylic acids is 2. The third kappa shape index (κ3) is 8.31. The highest BCUT2D eigenvalue weighted by molar-refractivity contribution is 6.35. The van der Waals surface area contributed by atoms with Gasteiger partial charge in [0.05, 0.1) is 31.3 Å². The third-order valence-electron chi connectivity index (χ3n) is 7.69. The Kier molecular flexibility index (Phi) is 12.3. The Bertz CT molecular complexity index is 1560. The topological polar surface area (TPSA) is 124 Å². The fourth-order valence-electron chi connectivity index (χ4n) is 5.13. The van der Waals surface area contributed by atoms with Gasteiger partial charge in [0, 0.05) is 68.2 Å². The summed E-state index contributed by atoms with van der Waals surface area (Å²) in [6, 6.07) is 8.66. The molecule has 1 saturated heterocycles. The maximum absolute atomic E-state index is 13.5. The molecule has 2 aromatic carbocycles. The van der Waals surface area contributed by atoms with Gasteiger partial charge in [-0.25, -0.2) is 14.8 Å². The van der Waals surface area contributed by atoms with Crippen LogP contribution in [0, 0.1) is 0 Å². The van der Waals surface area contributed by atoms with Crippen molar-refractivity contribution in [2.45, 2.75) is 26.7 Å². The maximum atomic E-state index is 13.5. The van der Waals surface area contributed by atoms with Gasteiger partial charge in [-0.05, 0) is 31.2 Å². The molecule has 1 aliphatic heterocycles. The summed E-state index contributed by atoms with van der Waals surface area (Å²) in [7, 11) is 4.64. The van der Waals surface area contributed by atoms with Crippen molar-refractivity contribution in [1.29, 1.82) is 0 Å². The van der Waals surface area contributed by atoms with E-state index in [4.69, 9.17) is 32.7 Å². The van der Waals surface area contributed by atoms with Crippen molar-refractivity contribution in [3.8, 4) is 11.5 Å². The summed E-state index contributed by atoms with van der Waals surface area (Å²) in [5.74, 6) is 1.29.